The first-order valence-corrected chi connectivity index (χ1v) is 10.5. The van der Waals surface area contributed by atoms with Gasteiger partial charge in [-0.25, -0.2) is 4.39 Å². The van der Waals surface area contributed by atoms with Crippen molar-refractivity contribution in [3.8, 4) is 28.7 Å². The third-order valence-electron chi connectivity index (χ3n) is 5.05. The smallest absolute Gasteiger partial charge is 0.203 e. The van der Waals surface area contributed by atoms with Crippen LogP contribution in [0, 0.1) is 5.82 Å². The number of hydrogen-bond donors (Lipinski definition) is 2. The monoisotopic (exact) mass is 479 g/mol. The van der Waals surface area contributed by atoms with Gasteiger partial charge in [0.1, 0.15) is 5.75 Å². The molecule has 0 fully saturated rings. The number of phenols is 1. The van der Waals surface area contributed by atoms with Gasteiger partial charge in [-0.3, -0.25) is 4.79 Å². The first kappa shape index (κ1) is 25.2. The zero-order valence-corrected chi connectivity index (χ0v) is 19.8. The Labute approximate surface area is 203 Å². The molecular weight excluding hydrogens is 453 g/mol. The van der Waals surface area contributed by atoms with Gasteiger partial charge in [0.15, 0.2) is 28.8 Å². The molecule has 3 aromatic rings. The number of carbonyl (C=O) groups is 1. The van der Waals surface area contributed by atoms with E-state index in [0.717, 1.165) is 5.56 Å². The number of hydrogen-bond acceptors (Lipinski definition) is 7. The standard InChI is InChI=1S/C27H26FNO6/c1-32-24-15-18(16-25(33-2)27(24)35-4)6-5-17-13-21(28)26(34-3)22(14-17)29-12-11-23(31)19-7-9-20(30)10-8-19/h5-16,29-30H,1-4H3/b6-5-,12-11-. The zero-order chi connectivity index (χ0) is 25.4. The van der Waals surface area contributed by atoms with E-state index >= 15 is 0 Å². The molecule has 0 bridgehead atoms. The molecule has 0 aliphatic heterocycles. The first-order chi connectivity index (χ1) is 16.9. The number of methoxy groups -OCH3 is 4. The number of benzene rings is 3. The second-order valence-corrected chi connectivity index (χ2v) is 7.26. The quantitative estimate of drug-likeness (QED) is 0.224. The summed E-state index contributed by atoms with van der Waals surface area (Å²) in [4.78, 5) is 12.3. The van der Waals surface area contributed by atoms with Gasteiger partial charge >= 0.3 is 0 Å². The maximum atomic E-state index is 14.7. The van der Waals surface area contributed by atoms with Gasteiger partial charge in [-0.1, -0.05) is 12.2 Å². The molecule has 0 aromatic heterocycles. The minimum Gasteiger partial charge on any atom is -0.508 e. The molecule has 35 heavy (non-hydrogen) atoms. The minimum absolute atomic E-state index is 0.0108. The average Bonchev–Trinajstić information content (AvgIpc) is 2.86. The van der Waals surface area contributed by atoms with Crippen LogP contribution in [0.15, 0.2) is 60.8 Å². The molecular formula is C27H26FNO6. The third-order valence-corrected chi connectivity index (χ3v) is 5.05. The molecule has 0 aliphatic rings. The van der Waals surface area contributed by atoms with E-state index in [2.05, 4.69) is 5.32 Å². The molecule has 182 valence electrons. The van der Waals surface area contributed by atoms with Crippen LogP contribution < -0.4 is 24.3 Å². The lowest BCUT2D eigenvalue weighted by molar-refractivity contribution is 0.104. The summed E-state index contributed by atoms with van der Waals surface area (Å²) in [5.41, 5.74) is 2.05. The normalized spacial score (nSPS) is 11.0. The molecule has 0 aliphatic carbocycles. The van der Waals surface area contributed by atoms with Crippen molar-refractivity contribution in [1.82, 2.24) is 0 Å². The van der Waals surface area contributed by atoms with Gasteiger partial charge in [-0.2, -0.15) is 0 Å². The largest absolute Gasteiger partial charge is 0.508 e. The Kier molecular flexibility index (Phi) is 8.34. The summed E-state index contributed by atoms with van der Waals surface area (Å²) in [5, 5.41) is 12.3. The molecule has 0 spiro atoms. The van der Waals surface area contributed by atoms with E-state index in [4.69, 9.17) is 18.9 Å². The highest BCUT2D eigenvalue weighted by Gasteiger charge is 2.13. The lowest BCUT2D eigenvalue weighted by Crippen LogP contribution is -1.99. The molecule has 0 saturated heterocycles. The maximum absolute atomic E-state index is 14.7. The molecule has 0 unspecified atom stereocenters. The van der Waals surface area contributed by atoms with Crippen molar-refractivity contribution in [2.45, 2.75) is 0 Å². The number of ether oxygens (including phenoxy) is 4. The van der Waals surface area contributed by atoms with E-state index in [-0.39, 0.29) is 17.3 Å². The van der Waals surface area contributed by atoms with Gasteiger partial charge in [0.2, 0.25) is 5.75 Å². The first-order valence-electron chi connectivity index (χ1n) is 10.5. The van der Waals surface area contributed by atoms with Crippen LogP contribution in [-0.4, -0.2) is 39.3 Å². The van der Waals surface area contributed by atoms with Crippen LogP contribution in [0.3, 0.4) is 0 Å². The van der Waals surface area contributed by atoms with Crippen molar-refractivity contribution in [2.75, 3.05) is 33.8 Å². The predicted molar refractivity (Wildman–Crippen MR) is 133 cm³/mol. The van der Waals surface area contributed by atoms with Gasteiger partial charge in [0, 0.05) is 17.8 Å². The Morgan fingerprint density at radius 2 is 1.40 bits per heavy atom. The number of phenolic OH excluding ortho intramolecular Hbond substituents is 1. The van der Waals surface area contributed by atoms with Crippen LogP contribution in [0.1, 0.15) is 21.5 Å². The zero-order valence-electron chi connectivity index (χ0n) is 19.8. The lowest BCUT2D eigenvalue weighted by atomic mass is 10.1. The number of aromatic hydroxyl groups is 1. The average molecular weight is 480 g/mol. The van der Waals surface area contributed by atoms with Crippen molar-refractivity contribution in [1.29, 1.82) is 0 Å². The molecule has 0 radical (unpaired) electrons. The minimum atomic E-state index is -0.569. The van der Waals surface area contributed by atoms with E-state index in [0.29, 0.717) is 34.1 Å². The Morgan fingerprint density at radius 3 is 1.94 bits per heavy atom. The molecule has 0 saturated carbocycles. The summed E-state index contributed by atoms with van der Waals surface area (Å²) in [6.45, 7) is 0. The van der Waals surface area contributed by atoms with Gasteiger partial charge in [0.05, 0.1) is 34.1 Å². The molecule has 3 rings (SSSR count). The van der Waals surface area contributed by atoms with Crippen molar-refractivity contribution < 1.29 is 33.2 Å². The number of rotatable bonds is 10. The fraction of sp³-hybridized carbons (Fsp3) is 0.148. The summed E-state index contributed by atoms with van der Waals surface area (Å²) in [6, 6.07) is 12.4. The van der Waals surface area contributed by atoms with Gasteiger partial charge in [-0.15, -0.1) is 0 Å². The number of halogens is 1. The topological polar surface area (TPSA) is 86.3 Å². The summed E-state index contributed by atoms with van der Waals surface area (Å²) < 4.78 is 35.9. The molecule has 8 heteroatoms. The van der Waals surface area contributed by atoms with E-state index in [1.54, 1.807) is 30.4 Å². The number of ketones is 1. The lowest BCUT2D eigenvalue weighted by Gasteiger charge is -2.13. The second-order valence-electron chi connectivity index (χ2n) is 7.26. The molecule has 2 N–H and O–H groups in total. The molecule has 0 heterocycles. The summed E-state index contributed by atoms with van der Waals surface area (Å²) in [7, 11) is 5.95. The van der Waals surface area contributed by atoms with Crippen molar-refractivity contribution >= 4 is 23.6 Å². The highest BCUT2D eigenvalue weighted by Crippen LogP contribution is 2.39. The molecule has 0 amide bonds. The predicted octanol–water partition coefficient (Wildman–Crippen LogP) is 5.54. The SMILES string of the molecule is COc1cc(/C=C\c2cc(F)c(OC)c(N/C=C\C(=O)c3ccc(O)cc3)c2)cc(OC)c1OC. The van der Waals surface area contributed by atoms with Crippen LogP contribution in [0.25, 0.3) is 12.2 Å². The van der Waals surface area contributed by atoms with E-state index in [1.807, 2.05) is 0 Å². The fourth-order valence-corrected chi connectivity index (χ4v) is 3.34. The van der Waals surface area contributed by atoms with Crippen LogP contribution in [0.5, 0.6) is 28.7 Å². The van der Waals surface area contributed by atoms with Gasteiger partial charge < -0.3 is 29.4 Å². The Morgan fingerprint density at radius 1 is 0.829 bits per heavy atom. The van der Waals surface area contributed by atoms with E-state index in [9.17, 15) is 14.3 Å². The molecule has 3 aromatic carbocycles. The molecule has 0 atom stereocenters. The number of nitrogens with one attached hydrogen (secondary N) is 1. The summed E-state index contributed by atoms with van der Waals surface area (Å²) >= 11 is 0. The Hall–Kier alpha value is -4.46. The highest BCUT2D eigenvalue weighted by molar-refractivity contribution is 6.04. The highest BCUT2D eigenvalue weighted by atomic mass is 19.1. The fourth-order valence-electron chi connectivity index (χ4n) is 3.34. The molecule has 7 nitrogen and oxygen atoms in total. The van der Waals surface area contributed by atoms with Crippen LogP contribution >= 0.6 is 0 Å². The number of anilines is 1. The van der Waals surface area contributed by atoms with Crippen LogP contribution in [0.2, 0.25) is 0 Å². The van der Waals surface area contributed by atoms with Crippen molar-refractivity contribution in [2.24, 2.45) is 0 Å². The van der Waals surface area contributed by atoms with Crippen LogP contribution in [0.4, 0.5) is 10.1 Å². The Balaban J connectivity index is 1.85. The van der Waals surface area contributed by atoms with E-state index in [1.165, 1.54) is 71.0 Å². The maximum Gasteiger partial charge on any atom is 0.203 e. The third kappa shape index (κ3) is 6.11. The van der Waals surface area contributed by atoms with Crippen molar-refractivity contribution in [3.05, 3.63) is 83.3 Å². The number of carbonyl (C=O) groups excluding carboxylic acids is 1. The Bertz CT molecular complexity index is 1230. The summed E-state index contributed by atoms with van der Waals surface area (Å²) in [6.07, 6.45) is 6.21. The van der Waals surface area contributed by atoms with Gasteiger partial charge in [-0.05, 0) is 59.7 Å². The second kappa shape index (κ2) is 11.6. The van der Waals surface area contributed by atoms with Crippen molar-refractivity contribution in [3.63, 3.8) is 0 Å². The van der Waals surface area contributed by atoms with Crippen LogP contribution in [-0.2, 0) is 0 Å². The van der Waals surface area contributed by atoms with E-state index < -0.39 is 5.82 Å². The van der Waals surface area contributed by atoms with Gasteiger partial charge in [0.25, 0.3) is 0 Å². The number of allylic oxidation sites excluding steroid dienone is 1. The summed E-state index contributed by atoms with van der Waals surface area (Å²) in [5.74, 6) is 0.701.